The molecule has 16 heavy (non-hydrogen) atoms. The monoisotopic (exact) mass is 237 g/mol. The summed E-state index contributed by atoms with van der Waals surface area (Å²) in [6.45, 7) is 1.35. The van der Waals surface area contributed by atoms with Crippen LogP contribution in [0.3, 0.4) is 0 Å². The first-order chi connectivity index (χ1) is 7.34. The van der Waals surface area contributed by atoms with Gasteiger partial charge in [-0.05, 0) is 6.92 Å². The van der Waals surface area contributed by atoms with E-state index in [9.17, 15) is 18.0 Å². The largest absolute Gasteiger partial charge is 0.465 e. The number of nitrogens with zero attached hydrogens (tertiary/aromatic N) is 2. The van der Waals surface area contributed by atoms with Gasteiger partial charge in [-0.25, -0.2) is 0 Å². The van der Waals surface area contributed by atoms with Crippen molar-refractivity contribution >= 4 is 11.7 Å². The highest BCUT2D eigenvalue weighted by molar-refractivity contribution is 5.69. The summed E-state index contributed by atoms with van der Waals surface area (Å²) in [5, 5.41) is 3.17. The van der Waals surface area contributed by atoms with E-state index in [0.29, 0.717) is 0 Å². The Bertz CT molecular complexity index is 386. The van der Waals surface area contributed by atoms with E-state index in [4.69, 9.17) is 5.73 Å². The Morgan fingerprint density at radius 1 is 1.62 bits per heavy atom. The predicted octanol–water partition coefficient (Wildman–Crippen LogP) is 1.05. The van der Waals surface area contributed by atoms with Crippen LogP contribution in [0.2, 0.25) is 0 Å². The average molecular weight is 237 g/mol. The lowest BCUT2D eigenvalue weighted by Gasteiger charge is -2.03. The molecule has 0 saturated carbocycles. The van der Waals surface area contributed by atoms with Crippen molar-refractivity contribution in [1.29, 1.82) is 0 Å². The van der Waals surface area contributed by atoms with Crippen LogP contribution >= 0.6 is 0 Å². The molecule has 1 heterocycles. The maximum Gasteiger partial charge on any atom is 0.437 e. The summed E-state index contributed by atoms with van der Waals surface area (Å²) in [5.41, 5.74) is 3.41. The Labute approximate surface area is 89.0 Å². The van der Waals surface area contributed by atoms with Crippen LogP contribution < -0.4 is 5.73 Å². The summed E-state index contributed by atoms with van der Waals surface area (Å²) >= 11 is 0. The van der Waals surface area contributed by atoms with E-state index in [1.165, 1.54) is 0 Å². The molecular weight excluding hydrogens is 227 g/mol. The Balaban J connectivity index is 2.81. The molecule has 5 nitrogen and oxygen atoms in total. The summed E-state index contributed by atoms with van der Waals surface area (Å²) in [5.74, 6) is -0.668. The van der Waals surface area contributed by atoms with Crippen LogP contribution in [0, 0.1) is 0 Å². The van der Waals surface area contributed by atoms with Crippen LogP contribution in [0.25, 0.3) is 0 Å². The number of nitrogens with two attached hydrogens (primary N) is 1. The first-order valence-electron chi connectivity index (χ1n) is 4.40. The first kappa shape index (κ1) is 12.3. The SMILES string of the molecule is CCOC(=O)Cn1cc(N)c(C(F)(F)F)n1. The summed E-state index contributed by atoms with van der Waals surface area (Å²) in [6, 6.07) is 0. The van der Waals surface area contributed by atoms with Crippen molar-refractivity contribution in [3.8, 4) is 0 Å². The summed E-state index contributed by atoms with van der Waals surface area (Å²) in [4.78, 5) is 11.0. The van der Waals surface area contributed by atoms with E-state index in [-0.39, 0.29) is 6.61 Å². The van der Waals surface area contributed by atoms with Crippen molar-refractivity contribution in [2.75, 3.05) is 12.3 Å². The zero-order chi connectivity index (χ0) is 12.3. The maximum atomic E-state index is 12.3. The average Bonchev–Trinajstić information content (AvgIpc) is 2.46. The molecule has 0 unspecified atom stereocenters. The number of carbonyl (C=O) groups excluding carboxylic acids is 1. The summed E-state index contributed by atoms with van der Waals surface area (Å²) in [6.07, 6.45) is -3.68. The fourth-order valence-corrected chi connectivity index (χ4v) is 1.08. The molecule has 0 fully saturated rings. The smallest absolute Gasteiger partial charge is 0.437 e. The topological polar surface area (TPSA) is 70.1 Å². The molecule has 90 valence electrons. The molecule has 0 bridgehead atoms. The van der Waals surface area contributed by atoms with Crippen LogP contribution in [-0.4, -0.2) is 22.4 Å². The highest BCUT2D eigenvalue weighted by Crippen LogP contribution is 2.31. The molecule has 1 aromatic heterocycles. The second kappa shape index (κ2) is 4.42. The minimum absolute atomic E-state index is 0.154. The van der Waals surface area contributed by atoms with E-state index in [0.717, 1.165) is 10.9 Å². The number of anilines is 1. The third-order valence-electron chi connectivity index (χ3n) is 1.65. The second-order valence-electron chi connectivity index (χ2n) is 2.93. The summed E-state index contributed by atoms with van der Waals surface area (Å²) < 4.78 is 42.2. The zero-order valence-electron chi connectivity index (χ0n) is 8.41. The number of aromatic nitrogens is 2. The number of halogens is 3. The lowest BCUT2D eigenvalue weighted by Crippen LogP contribution is -2.15. The molecule has 0 aromatic carbocycles. The lowest BCUT2D eigenvalue weighted by molar-refractivity contribution is -0.145. The zero-order valence-corrected chi connectivity index (χ0v) is 8.41. The van der Waals surface area contributed by atoms with Crippen LogP contribution in [0.15, 0.2) is 6.20 Å². The fourth-order valence-electron chi connectivity index (χ4n) is 1.08. The van der Waals surface area contributed by atoms with E-state index in [2.05, 4.69) is 9.84 Å². The molecule has 0 spiro atoms. The van der Waals surface area contributed by atoms with Crippen LogP contribution in [0.1, 0.15) is 12.6 Å². The molecule has 0 atom stereocenters. The Morgan fingerprint density at radius 2 is 2.25 bits per heavy atom. The fraction of sp³-hybridized carbons (Fsp3) is 0.500. The number of hydrogen-bond donors (Lipinski definition) is 1. The lowest BCUT2D eigenvalue weighted by atomic mass is 10.4. The molecule has 0 aliphatic heterocycles. The minimum Gasteiger partial charge on any atom is -0.465 e. The molecule has 0 amide bonds. The third-order valence-corrected chi connectivity index (χ3v) is 1.65. The van der Waals surface area contributed by atoms with Crippen molar-refractivity contribution in [2.24, 2.45) is 0 Å². The third kappa shape index (κ3) is 2.88. The number of nitrogen functional groups attached to an aromatic ring is 1. The van der Waals surface area contributed by atoms with Crippen molar-refractivity contribution in [3.63, 3.8) is 0 Å². The Kier molecular flexibility index (Phi) is 3.41. The molecule has 0 aliphatic carbocycles. The molecule has 8 heteroatoms. The Hall–Kier alpha value is -1.73. The van der Waals surface area contributed by atoms with Crippen LogP contribution in [0.5, 0.6) is 0 Å². The quantitative estimate of drug-likeness (QED) is 0.797. The van der Waals surface area contributed by atoms with Gasteiger partial charge in [-0.3, -0.25) is 9.48 Å². The van der Waals surface area contributed by atoms with E-state index < -0.39 is 30.1 Å². The molecule has 0 saturated heterocycles. The van der Waals surface area contributed by atoms with Crippen LogP contribution in [0.4, 0.5) is 18.9 Å². The van der Waals surface area contributed by atoms with Gasteiger partial charge in [0.25, 0.3) is 0 Å². The molecule has 1 aromatic rings. The van der Waals surface area contributed by atoms with Gasteiger partial charge in [0.1, 0.15) is 6.54 Å². The van der Waals surface area contributed by atoms with Crippen molar-refractivity contribution in [1.82, 2.24) is 9.78 Å². The number of alkyl halides is 3. The summed E-state index contributed by atoms with van der Waals surface area (Å²) in [7, 11) is 0. The van der Waals surface area contributed by atoms with Gasteiger partial charge in [-0.2, -0.15) is 18.3 Å². The Morgan fingerprint density at radius 3 is 2.69 bits per heavy atom. The second-order valence-corrected chi connectivity index (χ2v) is 2.93. The van der Waals surface area contributed by atoms with Crippen molar-refractivity contribution < 1.29 is 22.7 Å². The molecule has 2 N–H and O–H groups in total. The molecular formula is C8H10F3N3O2. The van der Waals surface area contributed by atoms with Gasteiger partial charge in [0, 0.05) is 6.20 Å². The normalized spacial score (nSPS) is 11.5. The molecule has 0 radical (unpaired) electrons. The van der Waals surface area contributed by atoms with Gasteiger partial charge in [-0.1, -0.05) is 0 Å². The highest BCUT2D eigenvalue weighted by atomic mass is 19.4. The minimum atomic E-state index is -4.62. The predicted molar refractivity (Wildman–Crippen MR) is 48.3 cm³/mol. The van der Waals surface area contributed by atoms with E-state index >= 15 is 0 Å². The number of esters is 1. The van der Waals surface area contributed by atoms with Gasteiger partial charge < -0.3 is 10.5 Å². The van der Waals surface area contributed by atoms with Gasteiger partial charge in [-0.15, -0.1) is 0 Å². The maximum absolute atomic E-state index is 12.3. The van der Waals surface area contributed by atoms with Gasteiger partial charge in [0.2, 0.25) is 0 Å². The van der Waals surface area contributed by atoms with Gasteiger partial charge in [0.15, 0.2) is 5.69 Å². The van der Waals surface area contributed by atoms with Crippen LogP contribution in [-0.2, 0) is 22.3 Å². The van der Waals surface area contributed by atoms with Gasteiger partial charge in [0.05, 0.1) is 12.3 Å². The number of carbonyl (C=O) groups is 1. The first-order valence-corrected chi connectivity index (χ1v) is 4.40. The van der Waals surface area contributed by atoms with E-state index in [1.54, 1.807) is 6.92 Å². The van der Waals surface area contributed by atoms with Crippen molar-refractivity contribution in [2.45, 2.75) is 19.6 Å². The number of hydrogen-bond acceptors (Lipinski definition) is 4. The standard InChI is InChI=1S/C8H10F3N3O2/c1-2-16-6(15)4-14-3-5(12)7(13-14)8(9,10)11/h3H,2,4,12H2,1H3. The van der Waals surface area contributed by atoms with E-state index in [1.807, 2.05) is 0 Å². The van der Waals surface area contributed by atoms with Gasteiger partial charge >= 0.3 is 12.1 Å². The van der Waals surface area contributed by atoms with Crippen molar-refractivity contribution in [3.05, 3.63) is 11.9 Å². The number of ether oxygens (including phenoxy) is 1. The molecule has 0 aliphatic rings. The molecule has 1 rings (SSSR count). The number of rotatable bonds is 3. The highest BCUT2D eigenvalue weighted by Gasteiger charge is 2.36.